The van der Waals surface area contributed by atoms with E-state index in [4.69, 9.17) is 4.98 Å². The topological polar surface area (TPSA) is 28.2 Å². The van der Waals surface area contributed by atoms with Crippen LogP contribution in [0.1, 0.15) is 32.3 Å². The van der Waals surface area contributed by atoms with Gasteiger partial charge in [0.05, 0.1) is 5.52 Å². The molecule has 1 heterocycles. The molecule has 1 saturated carbocycles. The van der Waals surface area contributed by atoms with Gasteiger partial charge in [-0.3, -0.25) is 0 Å². The van der Waals surface area contributed by atoms with Crippen molar-refractivity contribution in [2.75, 3.05) is 11.9 Å². The summed E-state index contributed by atoms with van der Waals surface area (Å²) in [6.45, 7) is 5.26. The monoisotopic (exact) mass is 269 g/mol. The highest BCUT2D eigenvalue weighted by Gasteiger charge is 2.27. The molecule has 1 fully saturated rings. The van der Waals surface area contributed by atoms with Crippen LogP contribution >= 0.6 is 0 Å². The van der Waals surface area contributed by atoms with Gasteiger partial charge in [0.2, 0.25) is 0 Å². The minimum atomic E-state index is 0.492. The fraction of sp³-hybridized carbons (Fsp3) is 0.471. The van der Waals surface area contributed by atoms with Gasteiger partial charge in [-0.2, -0.15) is 0 Å². The molecule has 0 unspecified atom stereocenters. The van der Waals surface area contributed by atoms with Crippen molar-refractivity contribution in [2.24, 2.45) is 0 Å². The van der Waals surface area contributed by atoms with E-state index in [-0.39, 0.29) is 0 Å². The molecular formula is C17H23N3. The smallest absolute Gasteiger partial charge is 0.129 e. The zero-order chi connectivity index (χ0) is 14.1. The first-order chi connectivity index (χ1) is 9.65. The molecule has 0 atom stereocenters. The molecule has 0 bridgehead atoms. The third kappa shape index (κ3) is 2.78. The van der Waals surface area contributed by atoms with Crippen LogP contribution < -0.4 is 10.2 Å². The maximum absolute atomic E-state index is 4.82. The Balaban J connectivity index is 1.99. The number of benzene rings is 1. The number of hydrogen-bond acceptors (Lipinski definition) is 3. The van der Waals surface area contributed by atoms with Gasteiger partial charge < -0.3 is 10.2 Å². The average molecular weight is 269 g/mol. The number of fused-ring (bicyclic) bond motifs is 1. The van der Waals surface area contributed by atoms with E-state index in [0.29, 0.717) is 12.1 Å². The fourth-order valence-electron chi connectivity index (χ4n) is 2.52. The highest BCUT2D eigenvalue weighted by atomic mass is 15.2. The van der Waals surface area contributed by atoms with Crippen molar-refractivity contribution in [3.05, 3.63) is 35.9 Å². The van der Waals surface area contributed by atoms with Crippen LogP contribution in [-0.2, 0) is 6.54 Å². The lowest BCUT2D eigenvalue weighted by atomic mass is 10.1. The van der Waals surface area contributed by atoms with Crippen LogP contribution in [0.3, 0.4) is 0 Å². The van der Waals surface area contributed by atoms with Crippen molar-refractivity contribution in [1.29, 1.82) is 0 Å². The van der Waals surface area contributed by atoms with E-state index in [2.05, 4.69) is 61.4 Å². The molecule has 2 aromatic rings. The molecule has 1 aromatic carbocycles. The Hall–Kier alpha value is -1.61. The summed E-state index contributed by atoms with van der Waals surface area (Å²) in [5.74, 6) is 1.10. The normalized spacial score (nSPS) is 15.0. The van der Waals surface area contributed by atoms with Crippen LogP contribution in [0, 0.1) is 0 Å². The summed E-state index contributed by atoms with van der Waals surface area (Å²) in [7, 11) is 2.16. The molecule has 0 spiro atoms. The Labute approximate surface area is 121 Å². The molecule has 0 saturated heterocycles. The minimum absolute atomic E-state index is 0.492. The number of nitrogens with zero attached hydrogens (tertiary/aromatic N) is 2. The van der Waals surface area contributed by atoms with E-state index >= 15 is 0 Å². The summed E-state index contributed by atoms with van der Waals surface area (Å²) in [5.41, 5.74) is 2.44. The quantitative estimate of drug-likeness (QED) is 0.902. The van der Waals surface area contributed by atoms with E-state index in [9.17, 15) is 0 Å². The second-order valence-electron chi connectivity index (χ2n) is 6.03. The van der Waals surface area contributed by atoms with Gasteiger partial charge in [-0.05, 0) is 30.5 Å². The predicted molar refractivity (Wildman–Crippen MR) is 85.1 cm³/mol. The number of anilines is 1. The van der Waals surface area contributed by atoms with Gasteiger partial charge in [0.25, 0.3) is 0 Å². The van der Waals surface area contributed by atoms with Gasteiger partial charge in [0.15, 0.2) is 0 Å². The first-order valence-corrected chi connectivity index (χ1v) is 7.50. The summed E-state index contributed by atoms with van der Waals surface area (Å²) in [4.78, 5) is 7.15. The van der Waals surface area contributed by atoms with E-state index in [1.54, 1.807) is 0 Å². The average Bonchev–Trinajstić information content (AvgIpc) is 3.28. The Bertz CT molecular complexity index is 602. The number of aromatic nitrogens is 1. The highest BCUT2D eigenvalue weighted by Crippen LogP contribution is 2.31. The van der Waals surface area contributed by atoms with Gasteiger partial charge in [-0.1, -0.05) is 32.0 Å². The minimum Gasteiger partial charge on any atom is -0.357 e. The molecule has 106 valence electrons. The lowest BCUT2D eigenvalue weighted by molar-refractivity contribution is 0.590. The second kappa shape index (κ2) is 5.41. The number of rotatable bonds is 5. The Morgan fingerprint density at radius 2 is 2.05 bits per heavy atom. The first kappa shape index (κ1) is 13.4. The van der Waals surface area contributed by atoms with Crippen molar-refractivity contribution in [3.8, 4) is 0 Å². The third-order valence-electron chi connectivity index (χ3n) is 3.95. The Kier molecular flexibility index (Phi) is 3.62. The summed E-state index contributed by atoms with van der Waals surface area (Å²) in [6, 6.07) is 11.9. The van der Waals surface area contributed by atoms with Gasteiger partial charge in [-0.15, -0.1) is 0 Å². The SMILES string of the molecule is CC(C)NCc1cc(N(C)C2CC2)nc2ccccc12. The predicted octanol–water partition coefficient (Wildman–Crippen LogP) is 3.33. The van der Waals surface area contributed by atoms with E-state index in [1.807, 2.05) is 0 Å². The molecule has 20 heavy (non-hydrogen) atoms. The van der Waals surface area contributed by atoms with Crippen LogP contribution in [0.15, 0.2) is 30.3 Å². The van der Waals surface area contributed by atoms with Gasteiger partial charge >= 0.3 is 0 Å². The molecule has 3 heteroatoms. The summed E-state index contributed by atoms with van der Waals surface area (Å²) < 4.78 is 0. The zero-order valence-corrected chi connectivity index (χ0v) is 12.6. The van der Waals surface area contributed by atoms with Gasteiger partial charge in [0, 0.05) is 31.1 Å². The molecule has 3 rings (SSSR count). The number of nitrogens with one attached hydrogen (secondary N) is 1. The summed E-state index contributed by atoms with van der Waals surface area (Å²) >= 11 is 0. The summed E-state index contributed by atoms with van der Waals surface area (Å²) in [6.07, 6.45) is 2.59. The second-order valence-corrected chi connectivity index (χ2v) is 6.03. The number of hydrogen-bond donors (Lipinski definition) is 1. The molecular weight excluding hydrogens is 246 g/mol. The molecule has 1 aliphatic carbocycles. The third-order valence-corrected chi connectivity index (χ3v) is 3.95. The maximum Gasteiger partial charge on any atom is 0.129 e. The molecule has 1 aromatic heterocycles. The van der Waals surface area contributed by atoms with Crippen molar-refractivity contribution in [3.63, 3.8) is 0 Å². The Morgan fingerprint density at radius 3 is 2.75 bits per heavy atom. The molecule has 0 amide bonds. The van der Waals surface area contributed by atoms with Crippen LogP contribution in [0.5, 0.6) is 0 Å². The van der Waals surface area contributed by atoms with E-state index in [0.717, 1.165) is 17.9 Å². The van der Waals surface area contributed by atoms with Gasteiger partial charge in [-0.25, -0.2) is 4.98 Å². The van der Waals surface area contributed by atoms with E-state index in [1.165, 1.54) is 23.8 Å². The van der Waals surface area contributed by atoms with Crippen LogP contribution in [0.2, 0.25) is 0 Å². The lowest BCUT2D eigenvalue weighted by Gasteiger charge is -2.20. The molecule has 0 aliphatic heterocycles. The van der Waals surface area contributed by atoms with Crippen molar-refractivity contribution < 1.29 is 0 Å². The lowest BCUT2D eigenvalue weighted by Crippen LogP contribution is -2.24. The highest BCUT2D eigenvalue weighted by molar-refractivity contribution is 5.84. The van der Waals surface area contributed by atoms with Crippen molar-refractivity contribution in [2.45, 2.75) is 45.3 Å². The van der Waals surface area contributed by atoms with Gasteiger partial charge in [0.1, 0.15) is 5.82 Å². The Morgan fingerprint density at radius 1 is 1.30 bits per heavy atom. The molecule has 1 aliphatic rings. The summed E-state index contributed by atoms with van der Waals surface area (Å²) in [5, 5.41) is 4.78. The fourth-order valence-corrected chi connectivity index (χ4v) is 2.52. The largest absolute Gasteiger partial charge is 0.357 e. The van der Waals surface area contributed by atoms with Crippen LogP contribution in [0.4, 0.5) is 5.82 Å². The van der Waals surface area contributed by atoms with E-state index < -0.39 is 0 Å². The zero-order valence-electron chi connectivity index (χ0n) is 12.6. The maximum atomic E-state index is 4.82. The molecule has 0 radical (unpaired) electrons. The van der Waals surface area contributed by atoms with Crippen molar-refractivity contribution >= 4 is 16.7 Å². The van der Waals surface area contributed by atoms with Crippen molar-refractivity contribution in [1.82, 2.24) is 10.3 Å². The molecule has 3 nitrogen and oxygen atoms in total. The standard InChI is InChI=1S/C17H23N3/c1-12(2)18-11-13-10-17(20(3)14-8-9-14)19-16-7-5-4-6-15(13)16/h4-7,10,12,14,18H,8-9,11H2,1-3H3. The first-order valence-electron chi connectivity index (χ1n) is 7.50. The number of pyridine rings is 1. The molecule has 1 N–H and O–H groups in total. The van der Waals surface area contributed by atoms with Crippen LogP contribution in [-0.4, -0.2) is 24.1 Å². The van der Waals surface area contributed by atoms with Crippen LogP contribution in [0.25, 0.3) is 10.9 Å². The number of para-hydroxylation sites is 1.